The first-order valence-electron chi connectivity index (χ1n) is 15.5. The standard InChI is InChI=1S/C22H20Br2N2O3.C15H16N2O3/c1-4-18-19(20(27)15-6-12(2)5-13(3)7-15)26(22(29)25-21(18)28)11-14-8-16(23)10-17(24)9-14;1-4-11-12(16-15(20)17-14(11)19)13(18)10-6-8(2)5-9(3)7-10/h5-10H,4,11H2,1-3H3,(H,25,28,29);5-7H,4H2,1-3H3,(H2,16,17,19,20). The molecule has 0 amide bonds. The topological polar surface area (TPSA) is 155 Å². The maximum Gasteiger partial charge on any atom is 0.329 e. The number of benzene rings is 3. The number of H-pyrrole nitrogens is 3. The van der Waals surface area contributed by atoms with E-state index >= 15 is 0 Å². The van der Waals surface area contributed by atoms with Gasteiger partial charge in [0.15, 0.2) is 0 Å². The Kier molecular flexibility index (Phi) is 11.9. The van der Waals surface area contributed by atoms with Gasteiger partial charge in [-0.05, 0) is 88.6 Å². The largest absolute Gasteiger partial charge is 0.329 e. The van der Waals surface area contributed by atoms with Crippen molar-refractivity contribution >= 4 is 43.4 Å². The summed E-state index contributed by atoms with van der Waals surface area (Å²) in [5.74, 6) is -0.664. The lowest BCUT2D eigenvalue weighted by Crippen LogP contribution is -2.37. The van der Waals surface area contributed by atoms with Gasteiger partial charge in [0.1, 0.15) is 5.69 Å². The van der Waals surface area contributed by atoms with Crippen molar-refractivity contribution in [1.29, 1.82) is 0 Å². The number of nitrogens with one attached hydrogen (secondary N) is 3. The van der Waals surface area contributed by atoms with Crippen LogP contribution in [0.3, 0.4) is 0 Å². The van der Waals surface area contributed by atoms with Gasteiger partial charge >= 0.3 is 11.4 Å². The third kappa shape index (κ3) is 8.87. The van der Waals surface area contributed by atoms with E-state index in [-0.39, 0.29) is 29.5 Å². The highest BCUT2D eigenvalue weighted by Crippen LogP contribution is 2.22. The second kappa shape index (κ2) is 15.7. The van der Waals surface area contributed by atoms with E-state index in [1.807, 2.05) is 58.0 Å². The number of rotatable bonds is 8. The second-order valence-corrected chi connectivity index (χ2v) is 13.7. The number of carbonyl (C=O) groups excluding carboxylic acids is 2. The predicted octanol–water partition coefficient (Wildman–Crippen LogP) is 5.99. The van der Waals surface area contributed by atoms with Crippen molar-refractivity contribution in [3.05, 3.63) is 167 Å². The zero-order valence-electron chi connectivity index (χ0n) is 28.0. The first-order valence-corrected chi connectivity index (χ1v) is 17.1. The molecular weight excluding hydrogens is 756 g/mol. The number of hydrogen-bond donors (Lipinski definition) is 3. The van der Waals surface area contributed by atoms with E-state index in [9.17, 15) is 28.8 Å². The van der Waals surface area contributed by atoms with E-state index in [1.165, 1.54) is 4.57 Å². The number of halogens is 2. The van der Waals surface area contributed by atoms with Gasteiger partial charge in [0, 0.05) is 31.2 Å². The van der Waals surface area contributed by atoms with Gasteiger partial charge in [0.2, 0.25) is 11.6 Å². The maximum atomic E-state index is 13.4. The van der Waals surface area contributed by atoms with E-state index < -0.39 is 22.5 Å². The Morgan fingerprint density at radius 1 is 0.612 bits per heavy atom. The summed E-state index contributed by atoms with van der Waals surface area (Å²) in [6, 6.07) is 16.6. The SMILES string of the molecule is CCc1c(C(=O)c2cc(C)cc(C)c2)[nH]c(=O)[nH]c1=O.CCc1c(C(=O)c2cc(C)cc(C)c2)n(Cc2cc(Br)cc(Br)c2)c(=O)[nH]c1=O. The summed E-state index contributed by atoms with van der Waals surface area (Å²) >= 11 is 6.89. The molecule has 12 heteroatoms. The van der Waals surface area contributed by atoms with E-state index in [4.69, 9.17) is 0 Å². The molecule has 0 fully saturated rings. The average Bonchev–Trinajstić information content (AvgIpc) is 3.00. The minimum absolute atomic E-state index is 0.0752. The number of ketones is 2. The summed E-state index contributed by atoms with van der Waals surface area (Å²) in [7, 11) is 0. The van der Waals surface area contributed by atoms with Crippen LogP contribution in [0.2, 0.25) is 0 Å². The zero-order valence-corrected chi connectivity index (χ0v) is 31.1. The lowest BCUT2D eigenvalue weighted by Gasteiger charge is -2.16. The molecular formula is C37H36Br2N4O6. The molecule has 0 aliphatic heterocycles. The Morgan fingerprint density at radius 3 is 1.57 bits per heavy atom. The zero-order chi connectivity index (χ0) is 36.2. The van der Waals surface area contributed by atoms with Crippen molar-refractivity contribution in [3.8, 4) is 0 Å². The molecule has 2 heterocycles. The highest BCUT2D eigenvalue weighted by molar-refractivity contribution is 9.11. The molecule has 0 unspecified atom stereocenters. The van der Waals surface area contributed by atoms with E-state index in [2.05, 4.69) is 46.8 Å². The molecule has 0 radical (unpaired) electrons. The molecule has 3 aromatic carbocycles. The van der Waals surface area contributed by atoms with Gasteiger partial charge in [-0.3, -0.25) is 33.7 Å². The number of aromatic amines is 3. The fourth-order valence-electron chi connectivity index (χ4n) is 5.77. The molecule has 0 aliphatic carbocycles. The van der Waals surface area contributed by atoms with Gasteiger partial charge < -0.3 is 4.98 Å². The van der Waals surface area contributed by atoms with E-state index in [1.54, 1.807) is 38.1 Å². The lowest BCUT2D eigenvalue weighted by molar-refractivity contribution is 0.102. The van der Waals surface area contributed by atoms with Gasteiger partial charge in [-0.15, -0.1) is 0 Å². The van der Waals surface area contributed by atoms with Crippen LogP contribution in [0, 0.1) is 27.7 Å². The Balaban J connectivity index is 0.000000237. The minimum Gasteiger partial charge on any atom is -0.304 e. The molecule has 49 heavy (non-hydrogen) atoms. The second-order valence-electron chi connectivity index (χ2n) is 11.8. The van der Waals surface area contributed by atoms with Crippen molar-refractivity contribution in [1.82, 2.24) is 19.5 Å². The summed E-state index contributed by atoms with van der Waals surface area (Å²) in [6.07, 6.45) is 0.710. The summed E-state index contributed by atoms with van der Waals surface area (Å²) in [5, 5.41) is 0. The molecule has 0 atom stereocenters. The van der Waals surface area contributed by atoms with Crippen LogP contribution in [0.1, 0.15) is 84.9 Å². The van der Waals surface area contributed by atoms with Gasteiger partial charge in [0.25, 0.3) is 11.1 Å². The van der Waals surface area contributed by atoms with Crippen LogP contribution in [0.5, 0.6) is 0 Å². The van der Waals surface area contributed by atoms with Crippen molar-refractivity contribution in [2.75, 3.05) is 0 Å². The fourth-order valence-corrected chi connectivity index (χ4v) is 7.16. The van der Waals surface area contributed by atoms with Gasteiger partial charge in [-0.2, -0.15) is 0 Å². The highest BCUT2D eigenvalue weighted by atomic mass is 79.9. The van der Waals surface area contributed by atoms with Crippen LogP contribution in [-0.4, -0.2) is 31.1 Å². The third-order valence-electron chi connectivity index (χ3n) is 7.72. The average molecular weight is 793 g/mol. The summed E-state index contributed by atoms with van der Waals surface area (Å²) < 4.78 is 3.04. The van der Waals surface area contributed by atoms with Crippen LogP contribution in [0.4, 0.5) is 0 Å². The van der Waals surface area contributed by atoms with Crippen LogP contribution in [-0.2, 0) is 19.4 Å². The van der Waals surface area contributed by atoms with Crippen LogP contribution < -0.4 is 22.5 Å². The van der Waals surface area contributed by atoms with Gasteiger partial charge in [-0.1, -0.05) is 80.1 Å². The minimum atomic E-state index is -0.667. The molecule has 254 valence electrons. The first kappa shape index (κ1) is 37.1. The summed E-state index contributed by atoms with van der Waals surface area (Å²) in [6.45, 7) is 11.3. The maximum absolute atomic E-state index is 13.4. The Hall–Kier alpha value is -4.68. The third-order valence-corrected chi connectivity index (χ3v) is 8.63. The Morgan fingerprint density at radius 2 is 1.08 bits per heavy atom. The Labute approximate surface area is 298 Å². The molecule has 5 aromatic rings. The molecule has 0 aliphatic rings. The van der Waals surface area contributed by atoms with Crippen molar-refractivity contribution < 1.29 is 9.59 Å². The quantitative estimate of drug-likeness (QED) is 0.164. The molecule has 5 rings (SSSR count). The molecule has 2 aromatic heterocycles. The normalized spacial score (nSPS) is 10.8. The molecule has 3 N–H and O–H groups in total. The number of aryl methyl sites for hydroxylation is 4. The van der Waals surface area contributed by atoms with E-state index in [0.29, 0.717) is 35.1 Å². The monoisotopic (exact) mass is 790 g/mol. The fraction of sp³-hybridized carbons (Fsp3) is 0.243. The van der Waals surface area contributed by atoms with E-state index in [0.717, 1.165) is 36.8 Å². The highest BCUT2D eigenvalue weighted by Gasteiger charge is 2.23. The summed E-state index contributed by atoms with van der Waals surface area (Å²) in [5.41, 5.74) is 4.09. The van der Waals surface area contributed by atoms with Crippen LogP contribution in [0.25, 0.3) is 0 Å². The van der Waals surface area contributed by atoms with Gasteiger partial charge in [-0.25, -0.2) is 9.59 Å². The number of nitrogens with zero attached hydrogens (tertiary/aromatic N) is 1. The predicted molar refractivity (Wildman–Crippen MR) is 197 cm³/mol. The molecule has 0 spiro atoms. The van der Waals surface area contributed by atoms with Gasteiger partial charge in [0.05, 0.1) is 12.2 Å². The molecule has 0 bridgehead atoms. The number of aromatic nitrogens is 4. The van der Waals surface area contributed by atoms with Crippen molar-refractivity contribution in [2.45, 2.75) is 60.9 Å². The Bertz CT molecular complexity index is 2270. The van der Waals surface area contributed by atoms with Crippen LogP contribution >= 0.6 is 31.9 Å². The first-order chi connectivity index (χ1) is 23.1. The molecule has 0 saturated carbocycles. The van der Waals surface area contributed by atoms with Crippen molar-refractivity contribution in [3.63, 3.8) is 0 Å². The van der Waals surface area contributed by atoms with Crippen molar-refractivity contribution in [2.24, 2.45) is 0 Å². The summed E-state index contributed by atoms with van der Waals surface area (Å²) in [4.78, 5) is 81.2. The molecule has 10 nitrogen and oxygen atoms in total. The lowest BCUT2D eigenvalue weighted by atomic mass is 9.99. The van der Waals surface area contributed by atoms with Crippen LogP contribution in [0.15, 0.2) is 82.7 Å². The smallest absolute Gasteiger partial charge is 0.304 e. The molecule has 0 saturated heterocycles. The number of hydrogen-bond acceptors (Lipinski definition) is 6. The number of carbonyl (C=O) groups is 2.